The molecule has 0 bridgehead atoms. The molecule has 208 valence electrons. The number of nitrogens with zero attached hydrogens (tertiary/aromatic N) is 1. The van der Waals surface area contributed by atoms with Gasteiger partial charge in [-0.1, -0.05) is 66.7 Å². The molecular formula is C31H33N3O6. The normalized spacial score (nSPS) is 13.0. The van der Waals surface area contributed by atoms with Gasteiger partial charge in [-0.25, -0.2) is 9.59 Å². The van der Waals surface area contributed by atoms with E-state index in [4.69, 9.17) is 13.9 Å². The molecule has 0 spiro atoms. The monoisotopic (exact) mass is 543 g/mol. The fourth-order valence-electron chi connectivity index (χ4n) is 4.26. The Hall–Kier alpha value is -4.63. The SMILES string of the molecule is O=C(N[C@@H](Cc1ccccc1)CC(O)[C@H](Cc1ccccc1)NC(=O)OCc1cccnc1)OCc1ccoc1. The molecule has 0 aliphatic heterocycles. The lowest BCUT2D eigenvalue weighted by Crippen LogP contribution is -2.48. The summed E-state index contributed by atoms with van der Waals surface area (Å²) in [6.07, 6.45) is 4.99. The summed E-state index contributed by atoms with van der Waals surface area (Å²) < 4.78 is 15.7. The van der Waals surface area contributed by atoms with Crippen LogP contribution in [-0.4, -0.2) is 40.5 Å². The molecule has 2 aromatic carbocycles. The van der Waals surface area contributed by atoms with Crippen LogP contribution in [0.1, 0.15) is 28.7 Å². The van der Waals surface area contributed by atoms with Crippen molar-refractivity contribution in [1.82, 2.24) is 15.6 Å². The van der Waals surface area contributed by atoms with Crippen molar-refractivity contribution in [2.24, 2.45) is 0 Å². The number of hydrogen-bond acceptors (Lipinski definition) is 7. The van der Waals surface area contributed by atoms with E-state index < -0.39 is 30.4 Å². The Morgan fingerprint density at radius 3 is 2.02 bits per heavy atom. The summed E-state index contributed by atoms with van der Waals surface area (Å²) in [4.78, 5) is 29.4. The minimum atomic E-state index is -1.01. The maximum absolute atomic E-state index is 12.7. The Morgan fingerprint density at radius 2 is 1.40 bits per heavy atom. The minimum Gasteiger partial charge on any atom is -0.472 e. The highest BCUT2D eigenvalue weighted by Gasteiger charge is 2.27. The molecule has 3 N–H and O–H groups in total. The van der Waals surface area contributed by atoms with Gasteiger partial charge >= 0.3 is 12.2 Å². The molecular weight excluding hydrogens is 510 g/mol. The zero-order chi connectivity index (χ0) is 28.0. The number of aliphatic hydroxyl groups is 1. The molecule has 0 aliphatic rings. The third-order valence-corrected chi connectivity index (χ3v) is 6.28. The van der Waals surface area contributed by atoms with E-state index in [2.05, 4.69) is 15.6 Å². The van der Waals surface area contributed by atoms with Gasteiger partial charge < -0.3 is 29.6 Å². The predicted octanol–water partition coefficient (Wildman–Crippen LogP) is 4.80. The van der Waals surface area contributed by atoms with E-state index >= 15 is 0 Å². The molecule has 9 nitrogen and oxygen atoms in total. The topological polar surface area (TPSA) is 123 Å². The quantitative estimate of drug-likeness (QED) is 0.221. The number of benzene rings is 2. The summed E-state index contributed by atoms with van der Waals surface area (Å²) in [6.45, 7) is 0.110. The van der Waals surface area contributed by atoms with Crippen LogP contribution in [0.2, 0.25) is 0 Å². The lowest BCUT2D eigenvalue weighted by Gasteiger charge is -2.28. The van der Waals surface area contributed by atoms with Crippen molar-refractivity contribution >= 4 is 12.2 Å². The van der Waals surface area contributed by atoms with E-state index in [-0.39, 0.29) is 19.6 Å². The van der Waals surface area contributed by atoms with Gasteiger partial charge in [-0.3, -0.25) is 4.98 Å². The maximum atomic E-state index is 12.7. The number of ether oxygens (including phenoxy) is 2. The lowest BCUT2D eigenvalue weighted by atomic mass is 9.94. The molecule has 0 saturated carbocycles. The van der Waals surface area contributed by atoms with Crippen molar-refractivity contribution in [3.63, 3.8) is 0 Å². The lowest BCUT2D eigenvalue weighted by molar-refractivity contribution is 0.0860. The molecule has 0 saturated heterocycles. The Balaban J connectivity index is 1.43. The number of nitrogens with one attached hydrogen (secondary N) is 2. The van der Waals surface area contributed by atoms with E-state index in [1.54, 1.807) is 24.5 Å². The Labute approximate surface area is 233 Å². The fourth-order valence-corrected chi connectivity index (χ4v) is 4.26. The molecule has 4 rings (SSSR count). The third-order valence-electron chi connectivity index (χ3n) is 6.28. The van der Waals surface area contributed by atoms with E-state index in [0.29, 0.717) is 12.8 Å². The predicted molar refractivity (Wildman–Crippen MR) is 148 cm³/mol. The molecule has 3 atom stereocenters. The van der Waals surface area contributed by atoms with Gasteiger partial charge in [-0.05, 0) is 42.5 Å². The van der Waals surface area contributed by atoms with E-state index in [1.165, 1.54) is 12.5 Å². The largest absolute Gasteiger partial charge is 0.472 e. The van der Waals surface area contributed by atoms with Crippen LogP contribution in [0.25, 0.3) is 0 Å². The van der Waals surface area contributed by atoms with Gasteiger partial charge in [0.2, 0.25) is 0 Å². The molecule has 4 aromatic rings. The second-order valence-electron chi connectivity index (χ2n) is 9.42. The summed E-state index contributed by atoms with van der Waals surface area (Å²) in [7, 11) is 0. The van der Waals surface area contributed by atoms with Crippen LogP contribution in [-0.2, 0) is 35.5 Å². The van der Waals surface area contributed by atoms with Crippen LogP contribution >= 0.6 is 0 Å². The zero-order valence-corrected chi connectivity index (χ0v) is 22.0. The first-order valence-corrected chi connectivity index (χ1v) is 13.1. The summed E-state index contributed by atoms with van der Waals surface area (Å²) in [5.41, 5.74) is 3.40. The van der Waals surface area contributed by atoms with Gasteiger partial charge in [0.25, 0.3) is 0 Å². The Kier molecular flexibility index (Phi) is 10.7. The number of carbonyl (C=O) groups excluding carboxylic acids is 2. The maximum Gasteiger partial charge on any atom is 0.407 e. The van der Waals surface area contributed by atoms with Crippen LogP contribution < -0.4 is 10.6 Å². The van der Waals surface area contributed by atoms with Crippen molar-refractivity contribution in [3.8, 4) is 0 Å². The number of rotatable bonds is 13. The van der Waals surface area contributed by atoms with Crippen molar-refractivity contribution in [2.45, 2.75) is 50.7 Å². The molecule has 0 fully saturated rings. The fraction of sp³-hybridized carbons (Fsp3) is 0.258. The number of aromatic nitrogens is 1. The summed E-state index contributed by atoms with van der Waals surface area (Å²) in [5, 5.41) is 17.1. The van der Waals surface area contributed by atoms with Crippen molar-refractivity contribution in [1.29, 1.82) is 0 Å². The van der Waals surface area contributed by atoms with E-state index in [1.807, 2.05) is 66.7 Å². The standard InChI is InChI=1S/C31H33N3O6/c35-29(18-27(16-23-8-3-1-4-9-23)33-30(36)40-22-26-13-15-38-20-26)28(17-24-10-5-2-6-11-24)34-31(37)39-21-25-12-7-14-32-19-25/h1-15,19-20,27-29,35H,16-18,21-22H2,(H,33,36)(H,34,37)/t27-,28-,29?/m0/s1. The molecule has 2 aromatic heterocycles. The van der Waals surface area contributed by atoms with E-state index in [0.717, 1.165) is 22.3 Å². The third kappa shape index (κ3) is 9.59. The number of alkyl carbamates (subject to hydrolysis) is 2. The van der Waals surface area contributed by atoms with Crippen molar-refractivity contribution in [2.75, 3.05) is 0 Å². The van der Waals surface area contributed by atoms with Gasteiger partial charge in [0.1, 0.15) is 13.2 Å². The number of furan rings is 1. The van der Waals surface area contributed by atoms with Gasteiger partial charge in [0, 0.05) is 29.6 Å². The molecule has 0 radical (unpaired) electrons. The first kappa shape index (κ1) is 28.4. The van der Waals surface area contributed by atoms with Crippen LogP contribution in [0.4, 0.5) is 9.59 Å². The van der Waals surface area contributed by atoms with Gasteiger partial charge in [-0.15, -0.1) is 0 Å². The number of carbonyl (C=O) groups is 2. The second-order valence-corrected chi connectivity index (χ2v) is 9.42. The minimum absolute atomic E-state index is 0.0501. The Morgan fingerprint density at radius 1 is 0.775 bits per heavy atom. The first-order valence-electron chi connectivity index (χ1n) is 13.1. The number of hydrogen-bond donors (Lipinski definition) is 3. The second kappa shape index (κ2) is 15.1. The van der Waals surface area contributed by atoms with Gasteiger partial charge in [0.15, 0.2) is 0 Å². The zero-order valence-electron chi connectivity index (χ0n) is 22.0. The molecule has 9 heteroatoms. The van der Waals surface area contributed by atoms with Crippen molar-refractivity contribution in [3.05, 3.63) is 126 Å². The van der Waals surface area contributed by atoms with Crippen LogP contribution in [0.5, 0.6) is 0 Å². The molecule has 40 heavy (non-hydrogen) atoms. The molecule has 2 heterocycles. The Bertz CT molecular complexity index is 1290. The molecule has 2 amide bonds. The summed E-state index contributed by atoms with van der Waals surface area (Å²) >= 11 is 0. The molecule has 1 unspecified atom stereocenters. The van der Waals surface area contributed by atoms with Crippen LogP contribution in [0.15, 0.2) is 108 Å². The average Bonchev–Trinajstić information content (AvgIpc) is 3.50. The highest BCUT2D eigenvalue weighted by Crippen LogP contribution is 2.15. The highest BCUT2D eigenvalue weighted by atomic mass is 16.6. The van der Waals surface area contributed by atoms with Crippen LogP contribution in [0.3, 0.4) is 0 Å². The average molecular weight is 544 g/mol. The number of amides is 2. The van der Waals surface area contributed by atoms with Gasteiger partial charge in [0.05, 0.1) is 24.7 Å². The smallest absolute Gasteiger partial charge is 0.407 e. The summed E-state index contributed by atoms with van der Waals surface area (Å²) in [6, 6.07) is 23.3. The van der Waals surface area contributed by atoms with Crippen LogP contribution in [0, 0.1) is 0 Å². The number of aliphatic hydroxyl groups excluding tert-OH is 1. The summed E-state index contributed by atoms with van der Waals surface area (Å²) in [5.74, 6) is 0. The van der Waals surface area contributed by atoms with Crippen molar-refractivity contribution < 1.29 is 28.6 Å². The van der Waals surface area contributed by atoms with Gasteiger partial charge in [-0.2, -0.15) is 0 Å². The molecule has 0 aliphatic carbocycles. The van der Waals surface area contributed by atoms with E-state index in [9.17, 15) is 14.7 Å². The number of pyridine rings is 1. The first-order chi connectivity index (χ1) is 19.5. The highest BCUT2D eigenvalue weighted by molar-refractivity contribution is 5.68.